The normalized spacial score (nSPS) is 11.6. The Bertz CT molecular complexity index is 754. The lowest BCUT2D eigenvalue weighted by Gasteiger charge is -2.07. The highest BCUT2D eigenvalue weighted by atomic mass is 16.3. The van der Waals surface area contributed by atoms with Crippen molar-refractivity contribution < 1.29 is 5.11 Å². The minimum Gasteiger partial charge on any atom is -0.507 e. The molecule has 0 unspecified atom stereocenters. The van der Waals surface area contributed by atoms with Crippen LogP contribution in [0.5, 0.6) is 5.75 Å². The maximum Gasteiger partial charge on any atom is 0.123 e. The number of allylic oxidation sites excluding steroid dienone is 1. The highest BCUT2D eigenvalue weighted by molar-refractivity contribution is 6.02. The van der Waals surface area contributed by atoms with E-state index < -0.39 is 0 Å². The summed E-state index contributed by atoms with van der Waals surface area (Å²) in [5.41, 5.74) is 0.890. The van der Waals surface area contributed by atoms with Gasteiger partial charge in [-0.3, -0.25) is 0 Å². The van der Waals surface area contributed by atoms with Gasteiger partial charge in [-0.15, -0.1) is 0 Å². The first-order valence-electron chi connectivity index (χ1n) is 6.07. The van der Waals surface area contributed by atoms with Crippen LogP contribution in [-0.2, 0) is 0 Å². The lowest BCUT2D eigenvalue weighted by atomic mass is 9.99. The molecule has 0 aliphatic heterocycles. The van der Waals surface area contributed by atoms with Crippen LogP contribution in [-0.4, -0.2) is 5.11 Å². The van der Waals surface area contributed by atoms with Gasteiger partial charge in [0.25, 0.3) is 0 Å². The summed E-state index contributed by atoms with van der Waals surface area (Å²) in [5.74, 6) is 0.330. The molecule has 1 N–H and O–H groups in total. The smallest absolute Gasteiger partial charge is 0.123 e. The summed E-state index contributed by atoms with van der Waals surface area (Å²) in [6.07, 6.45) is 3.90. The van der Waals surface area contributed by atoms with Crippen molar-refractivity contribution in [2.75, 3.05) is 0 Å². The van der Waals surface area contributed by atoms with Crippen LogP contribution >= 0.6 is 0 Å². The Morgan fingerprint density at radius 2 is 1.61 bits per heavy atom. The van der Waals surface area contributed by atoms with E-state index in [1.165, 1.54) is 10.8 Å². The van der Waals surface area contributed by atoms with Crippen molar-refractivity contribution in [3.8, 4) is 5.75 Å². The number of fused-ring (bicyclic) bond motifs is 2. The summed E-state index contributed by atoms with van der Waals surface area (Å²) in [4.78, 5) is 0. The SMILES string of the molecule is CC=Cc1c(O)ccc2cc3ccccc3cc12. The lowest BCUT2D eigenvalue weighted by molar-refractivity contribution is 0.475. The number of rotatable bonds is 1. The minimum absolute atomic E-state index is 0.330. The first kappa shape index (κ1) is 10.8. The second kappa shape index (κ2) is 4.19. The molecule has 1 nitrogen and oxygen atoms in total. The summed E-state index contributed by atoms with van der Waals surface area (Å²) in [5, 5.41) is 14.6. The van der Waals surface area contributed by atoms with Gasteiger partial charge in [0, 0.05) is 5.56 Å². The van der Waals surface area contributed by atoms with E-state index in [1.807, 2.05) is 37.3 Å². The fourth-order valence-corrected chi connectivity index (χ4v) is 2.37. The molecule has 0 saturated heterocycles. The van der Waals surface area contributed by atoms with E-state index in [0.717, 1.165) is 16.3 Å². The Balaban J connectivity index is 2.46. The molecule has 3 aromatic rings. The molecule has 18 heavy (non-hydrogen) atoms. The standard InChI is InChI=1S/C17H14O/c1-2-5-15-16-11-13-7-4-3-6-12(13)10-14(16)8-9-17(15)18/h2-11,18H,1H3. The molecule has 0 heterocycles. The fourth-order valence-electron chi connectivity index (χ4n) is 2.37. The van der Waals surface area contributed by atoms with Gasteiger partial charge < -0.3 is 5.11 Å². The van der Waals surface area contributed by atoms with Crippen LogP contribution in [0.25, 0.3) is 27.6 Å². The molecule has 88 valence electrons. The van der Waals surface area contributed by atoms with Gasteiger partial charge in [0.15, 0.2) is 0 Å². The second-order valence-corrected chi connectivity index (χ2v) is 4.42. The summed E-state index contributed by atoms with van der Waals surface area (Å²) >= 11 is 0. The van der Waals surface area contributed by atoms with Crippen molar-refractivity contribution in [2.45, 2.75) is 6.92 Å². The molecule has 0 aliphatic carbocycles. The molecule has 0 aliphatic rings. The van der Waals surface area contributed by atoms with Gasteiger partial charge in [-0.05, 0) is 46.7 Å². The van der Waals surface area contributed by atoms with Gasteiger partial charge in [0.2, 0.25) is 0 Å². The van der Waals surface area contributed by atoms with E-state index in [0.29, 0.717) is 5.75 Å². The van der Waals surface area contributed by atoms with Crippen LogP contribution < -0.4 is 0 Å². The van der Waals surface area contributed by atoms with E-state index in [-0.39, 0.29) is 0 Å². The molecule has 0 spiro atoms. The van der Waals surface area contributed by atoms with E-state index in [4.69, 9.17) is 0 Å². The summed E-state index contributed by atoms with van der Waals surface area (Å²) in [6.45, 7) is 1.96. The zero-order chi connectivity index (χ0) is 12.5. The van der Waals surface area contributed by atoms with Crippen molar-refractivity contribution in [1.29, 1.82) is 0 Å². The predicted molar refractivity (Wildman–Crippen MR) is 77.8 cm³/mol. The highest BCUT2D eigenvalue weighted by Crippen LogP contribution is 2.31. The van der Waals surface area contributed by atoms with Crippen LogP contribution in [0.1, 0.15) is 12.5 Å². The quantitative estimate of drug-likeness (QED) is 0.603. The lowest BCUT2D eigenvalue weighted by Crippen LogP contribution is -1.81. The van der Waals surface area contributed by atoms with Crippen molar-refractivity contribution in [1.82, 2.24) is 0 Å². The predicted octanol–water partition coefficient (Wildman–Crippen LogP) is 4.73. The average Bonchev–Trinajstić information content (AvgIpc) is 2.40. The van der Waals surface area contributed by atoms with Crippen molar-refractivity contribution >= 4 is 27.6 Å². The maximum absolute atomic E-state index is 9.96. The molecule has 0 radical (unpaired) electrons. The van der Waals surface area contributed by atoms with E-state index >= 15 is 0 Å². The number of aromatic hydroxyl groups is 1. The number of hydrogen-bond acceptors (Lipinski definition) is 1. The van der Waals surface area contributed by atoms with Crippen LogP contribution in [0, 0.1) is 0 Å². The minimum atomic E-state index is 0.330. The van der Waals surface area contributed by atoms with Gasteiger partial charge in [0.1, 0.15) is 5.75 Å². The monoisotopic (exact) mass is 234 g/mol. The Morgan fingerprint density at radius 3 is 2.33 bits per heavy atom. The number of benzene rings is 3. The van der Waals surface area contributed by atoms with Crippen molar-refractivity contribution in [2.24, 2.45) is 0 Å². The zero-order valence-electron chi connectivity index (χ0n) is 10.2. The molecule has 3 rings (SSSR count). The molecule has 1 heteroatoms. The Hall–Kier alpha value is -2.28. The molecule has 0 amide bonds. The van der Waals surface area contributed by atoms with Crippen LogP contribution in [0.15, 0.2) is 54.6 Å². The summed E-state index contributed by atoms with van der Waals surface area (Å²) in [6, 6.07) is 16.3. The number of phenols is 1. The molecule has 0 atom stereocenters. The van der Waals surface area contributed by atoms with Crippen LogP contribution in [0.4, 0.5) is 0 Å². The average molecular weight is 234 g/mol. The molecular weight excluding hydrogens is 220 g/mol. The second-order valence-electron chi connectivity index (χ2n) is 4.42. The summed E-state index contributed by atoms with van der Waals surface area (Å²) < 4.78 is 0. The van der Waals surface area contributed by atoms with Gasteiger partial charge >= 0.3 is 0 Å². The Kier molecular flexibility index (Phi) is 2.52. The molecular formula is C17H14O. The maximum atomic E-state index is 9.96. The third-order valence-corrected chi connectivity index (χ3v) is 3.24. The Morgan fingerprint density at radius 1 is 0.889 bits per heavy atom. The van der Waals surface area contributed by atoms with Crippen LogP contribution in [0.2, 0.25) is 0 Å². The first-order valence-corrected chi connectivity index (χ1v) is 6.07. The molecule has 3 aromatic carbocycles. The highest BCUT2D eigenvalue weighted by Gasteiger charge is 2.05. The van der Waals surface area contributed by atoms with Crippen LogP contribution in [0.3, 0.4) is 0 Å². The molecule has 0 saturated carbocycles. The largest absolute Gasteiger partial charge is 0.507 e. The third kappa shape index (κ3) is 1.65. The third-order valence-electron chi connectivity index (χ3n) is 3.24. The molecule has 0 fully saturated rings. The zero-order valence-corrected chi connectivity index (χ0v) is 10.2. The van der Waals surface area contributed by atoms with Crippen molar-refractivity contribution in [3.63, 3.8) is 0 Å². The molecule has 0 aromatic heterocycles. The van der Waals surface area contributed by atoms with Crippen molar-refractivity contribution in [3.05, 3.63) is 60.2 Å². The Labute approximate surface area is 106 Å². The van der Waals surface area contributed by atoms with Gasteiger partial charge in [-0.25, -0.2) is 0 Å². The fraction of sp³-hybridized carbons (Fsp3) is 0.0588. The van der Waals surface area contributed by atoms with E-state index in [2.05, 4.69) is 24.3 Å². The van der Waals surface area contributed by atoms with Gasteiger partial charge in [0.05, 0.1) is 0 Å². The first-order chi connectivity index (χ1) is 8.79. The van der Waals surface area contributed by atoms with Gasteiger partial charge in [-0.1, -0.05) is 42.5 Å². The van der Waals surface area contributed by atoms with Gasteiger partial charge in [-0.2, -0.15) is 0 Å². The summed E-state index contributed by atoms with van der Waals surface area (Å²) in [7, 11) is 0. The topological polar surface area (TPSA) is 20.2 Å². The molecule has 0 bridgehead atoms. The number of phenolic OH excluding ortho intramolecular Hbond substituents is 1. The number of hydrogen-bond donors (Lipinski definition) is 1. The van der Waals surface area contributed by atoms with E-state index in [1.54, 1.807) is 6.07 Å². The van der Waals surface area contributed by atoms with E-state index in [9.17, 15) is 5.11 Å².